The lowest BCUT2D eigenvalue weighted by atomic mass is 10.1. The van der Waals surface area contributed by atoms with Crippen molar-refractivity contribution in [3.63, 3.8) is 0 Å². The van der Waals surface area contributed by atoms with Gasteiger partial charge in [-0.25, -0.2) is 4.39 Å². The van der Waals surface area contributed by atoms with Gasteiger partial charge in [-0.1, -0.05) is 6.07 Å². The van der Waals surface area contributed by atoms with Crippen molar-refractivity contribution in [2.24, 2.45) is 0 Å². The van der Waals surface area contributed by atoms with Crippen molar-refractivity contribution < 1.29 is 9.18 Å². The molecule has 1 aromatic rings. The Bertz CT molecular complexity index is 392. The molecular formula is C11H13BrFNO. The van der Waals surface area contributed by atoms with Crippen molar-refractivity contribution >= 4 is 21.8 Å². The number of carbonyl (C=O) groups is 1. The van der Waals surface area contributed by atoms with Crippen LogP contribution in [0, 0.1) is 12.7 Å². The van der Waals surface area contributed by atoms with Crippen molar-refractivity contribution in [3.05, 3.63) is 33.5 Å². The Labute approximate surface area is 97.2 Å². The molecule has 1 aromatic carbocycles. The van der Waals surface area contributed by atoms with E-state index in [9.17, 15) is 9.18 Å². The molecule has 1 amide bonds. The average Bonchev–Trinajstić information content (AvgIpc) is 2.22. The summed E-state index contributed by atoms with van der Waals surface area (Å²) in [6.45, 7) is 4.23. The van der Waals surface area contributed by atoms with E-state index in [0.717, 1.165) is 5.56 Å². The zero-order valence-corrected chi connectivity index (χ0v) is 10.6. The fourth-order valence-electron chi connectivity index (χ4n) is 1.19. The first-order valence-electron chi connectivity index (χ1n) is 4.69. The van der Waals surface area contributed by atoms with Gasteiger partial charge in [-0.2, -0.15) is 0 Å². The molecule has 0 aliphatic heterocycles. The summed E-state index contributed by atoms with van der Waals surface area (Å²) in [5.74, 6) is -0.789. The molecule has 0 heterocycles. The number of hydrogen-bond acceptors (Lipinski definition) is 1. The summed E-state index contributed by atoms with van der Waals surface area (Å²) in [7, 11) is 1.65. The van der Waals surface area contributed by atoms with E-state index in [1.807, 2.05) is 13.8 Å². The van der Waals surface area contributed by atoms with Crippen LogP contribution < -0.4 is 0 Å². The van der Waals surface area contributed by atoms with E-state index >= 15 is 0 Å². The molecule has 0 saturated carbocycles. The lowest BCUT2D eigenvalue weighted by molar-refractivity contribution is 0.0796. The number of amides is 1. The van der Waals surface area contributed by atoms with Crippen LogP contribution in [0.5, 0.6) is 0 Å². The second-order valence-corrected chi connectivity index (χ2v) is 4.17. The van der Waals surface area contributed by atoms with Gasteiger partial charge in [-0.15, -0.1) is 0 Å². The van der Waals surface area contributed by atoms with E-state index in [2.05, 4.69) is 15.9 Å². The van der Waals surface area contributed by atoms with Gasteiger partial charge in [0.15, 0.2) is 0 Å². The van der Waals surface area contributed by atoms with E-state index in [4.69, 9.17) is 0 Å². The van der Waals surface area contributed by atoms with Gasteiger partial charge in [0.1, 0.15) is 5.82 Å². The van der Waals surface area contributed by atoms with Crippen LogP contribution in [0.4, 0.5) is 4.39 Å². The quantitative estimate of drug-likeness (QED) is 0.811. The van der Waals surface area contributed by atoms with Crippen LogP contribution in [0.3, 0.4) is 0 Å². The largest absolute Gasteiger partial charge is 0.342 e. The number of aryl methyl sites for hydroxylation is 1. The number of nitrogens with zero attached hydrogens (tertiary/aromatic N) is 1. The molecule has 0 radical (unpaired) electrons. The normalized spacial score (nSPS) is 10.2. The maximum atomic E-state index is 13.5. The second kappa shape index (κ2) is 4.75. The second-order valence-electron chi connectivity index (χ2n) is 3.37. The Morgan fingerprint density at radius 3 is 2.67 bits per heavy atom. The Balaban J connectivity index is 3.24. The van der Waals surface area contributed by atoms with Gasteiger partial charge in [0.2, 0.25) is 0 Å². The highest BCUT2D eigenvalue weighted by molar-refractivity contribution is 9.10. The first-order valence-corrected chi connectivity index (χ1v) is 5.48. The van der Waals surface area contributed by atoms with Crippen LogP contribution in [0.1, 0.15) is 22.8 Å². The Hall–Kier alpha value is -0.900. The van der Waals surface area contributed by atoms with Crippen LogP contribution >= 0.6 is 15.9 Å². The molecule has 1 rings (SSSR count). The van der Waals surface area contributed by atoms with Gasteiger partial charge in [-0.05, 0) is 41.4 Å². The van der Waals surface area contributed by atoms with E-state index in [1.54, 1.807) is 13.1 Å². The molecule has 82 valence electrons. The zero-order valence-electron chi connectivity index (χ0n) is 8.97. The third kappa shape index (κ3) is 2.37. The zero-order chi connectivity index (χ0) is 11.6. The summed E-state index contributed by atoms with van der Waals surface area (Å²) in [6.07, 6.45) is 0. The molecule has 0 unspecified atom stereocenters. The maximum absolute atomic E-state index is 13.5. The van der Waals surface area contributed by atoms with E-state index < -0.39 is 5.82 Å². The monoisotopic (exact) mass is 273 g/mol. The number of halogens is 2. The van der Waals surface area contributed by atoms with E-state index in [-0.39, 0.29) is 11.5 Å². The summed E-state index contributed by atoms with van der Waals surface area (Å²) >= 11 is 3.24. The fourth-order valence-corrected chi connectivity index (χ4v) is 1.68. The molecule has 2 nitrogen and oxygen atoms in total. The van der Waals surface area contributed by atoms with Crippen molar-refractivity contribution in [1.82, 2.24) is 4.90 Å². The highest BCUT2D eigenvalue weighted by atomic mass is 79.9. The molecule has 0 spiro atoms. The molecule has 0 fully saturated rings. The van der Waals surface area contributed by atoms with Crippen LogP contribution in [0.15, 0.2) is 16.6 Å². The highest BCUT2D eigenvalue weighted by Gasteiger charge is 2.19. The van der Waals surface area contributed by atoms with Crippen LogP contribution in [-0.2, 0) is 0 Å². The van der Waals surface area contributed by atoms with Gasteiger partial charge >= 0.3 is 0 Å². The number of carbonyl (C=O) groups excluding carboxylic acids is 1. The molecule has 0 atom stereocenters. The smallest absolute Gasteiger partial charge is 0.257 e. The minimum Gasteiger partial charge on any atom is -0.342 e. The summed E-state index contributed by atoms with van der Waals surface area (Å²) in [5, 5.41) is 0. The van der Waals surface area contributed by atoms with Gasteiger partial charge in [0.25, 0.3) is 5.91 Å². The molecule has 0 aliphatic rings. The minimum atomic E-state index is -0.488. The number of hydrogen-bond donors (Lipinski definition) is 0. The first-order chi connectivity index (χ1) is 6.99. The SMILES string of the molecule is CCN(C)C(=O)c1c(F)ccc(C)c1Br. The fraction of sp³-hybridized carbons (Fsp3) is 0.364. The standard InChI is InChI=1S/C11H13BrFNO/c1-4-14(3)11(15)9-8(13)6-5-7(2)10(9)12/h5-6H,4H2,1-3H3. The summed E-state index contributed by atoms with van der Waals surface area (Å²) in [5.41, 5.74) is 0.962. The van der Waals surface area contributed by atoms with Gasteiger partial charge < -0.3 is 4.90 Å². The molecule has 0 aromatic heterocycles. The molecule has 0 N–H and O–H groups in total. The Kier molecular flexibility index (Phi) is 3.85. The highest BCUT2D eigenvalue weighted by Crippen LogP contribution is 2.24. The number of rotatable bonds is 2. The maximum Gasteiger partial charge on any atom is 0.257 e. The molecule has 0 saturated heterocycles. The third-order valence-corrected chi connectivity index (χ3v) is 3.34. The predicted molar refractivity (Wildman–Crippen MR) is 61.5 cm³/mol. The summed E-state index contributed by atoms with van der Waals surface area (Å²) in [4.78, 5) is 13.3. The molecule has 0 aliphatic carbocycles. The lowest BCUT2D eigenvalue weighted by Gasteiger charge is -2.16. The van der Waals surface area contributed by atoms with E-state index in [0.29, 0.717) is 11.0 Å². The number of benzene rings is 1. The van der Waals surface area contributed by atoms with Crippen LogP contribution in [0.25, 0.3) is 0 Å². The van der Waals surface area contributed by atoms with Gasteiger partial charge in [-0.3, -0.25) is 4.79 Å². The molecule has 4 heteroatoms. The van der Waals surface area contributed by atoms with E-state index in [1.165, 1.54) is 11.0 Å². The Morgan fingerprint density at radius 1 is 1.53 bits per heavy atom. The van der Waals surface area contributed by atoms with Gasteiger partial charge in [0, 0.05) is 18.1 Å². The minimum absolute atomic E-state index is 0.111. The summed E-state index contributed by atoms with van der Waals surface area (Å²) in [6, 6.07) is 2.96. The Morgan fingerprint density at radius 2 is 2.13 bits per heavy atom. The van der Waals surface area contributed by atoms with Crippen molar-refractivity contribution in [2.75, 3.05) is 13.6 Å². The van der Waals surface area contributed by atoms with Crippen LogP contribution in [0.2, 0.25) is 0 Å². The first kappa shape index (κ1) is 12.2. The van der Waals surface area contributed by atoms with Crippen molar-refractivity contribution in [2.45, 2.75) is 13.8 Å². The van der Waals surface area contributed by atoms with Crippen molar-refractivity contribution in [3.8, 4) is 0 Å². The van der Waals surface area contributed by atoms with Crippen molar-refractivity contribution in [1.29, 1.82) is 0 Å². The topological polar surface area (TPSA) is 20.3 Å². The van der Waals surface area contributed by atoms with Crippen LogP contribution in [-0.4, -0.2) is 24.4 Å². The molecular weight excluding hydrogens is 261 g/mol. The average molecular weight is 274 g/mol. The third-order valence-electron chi connectivity index (χ3n) is 2.32. The molecule has 0 bridgehead atoms. The predicted octanol–water partition coefficient (Wildman–Crippen LogP) is 2.99. The lowest BCUT2D eigenvalue weighted by Crippen LogP contribution is -2.27. The molecule has 15 heavy (non-hydrogen) atoms. The summed E-state index contributed by atoms with van der Waals surface area (Å²) < 4.78 is 14.0. The van der Waals surface area contributed by atoms with Gasteiger partial charge in [0.05, 0.1) is 5.56 Å².